The average Bonchev–Trinajstić information content (AvgIpc) is 2.54. The van der Waals surface area contributed by atoms with Gasteiger partial charge in [0.05, 0.1) is 11.9 Å². The summed E-state index contributed by atoms with van der Waals surface area (Å²) in [5.41, 5.74) is 2.07. The van der Waals surface area contributed by atoms with Gasteiger partial charge in [0, 0.05) is 20.5 Å². The van der Waals surface area contributed by atoms with Crippen LogP contribution in [0.5, 0.6) is 0 Å². The van der Waals surface area contributed by atoms with Crippen LogP contribution in [0.15, 0.2) is 48.7 Å². The molecule has 2 aromatic rings. The number of carbonyl (C=O) groups excluding carboxylic acids is 1. The van der Waals surface area contributed by atoms with Crippen molar-refractivity contribution < 1.29 is 4.79 Å². The summed E-state index contributed by atoms with van der Waals surface area (Å²) in [5.74, 6) is 1.27. The minimum atomic E-state index is 0.0463. The molecule has 0 aliphatic carbocycles. The van der Waals surface area contributed by atoms with Crippen molar-refractivity contribution in [3.63, 3.8) is 0 Å². The van der Waals surface area contributed by atoms with Gasteiger partial charge < -0.3 is 10.2 Å². The molecule has 1 heterocycles. The van der Waals surface area contributed by atoms with Gasteiger partial charge >= 0.3 is 0 Å². The van der Waals surface area contributed by atoms with E-state index in [2.05, 4.69) is 41.5 Å². The molecule has 1 N–H and O–H groups in total. The van der Waals surface area contributed by atoms with Crippen LogP contribution in [0.1, 0.15) is 25.3 Å². The molecule has 0 saturated heterocycles. The van der Waals surface area contributed by atoms with Gasteiger partial charge in [-0.3, -0.25) is 4.79 Å². The fraction of sp³-hybridized carbons (Fsp3) is 0.368. The third kappa shape index (κ3) is 5.74. The number of nitrogens with zero attached hydrogens (tertiary/aromatic N) is 2. The Balaban J connectivity index is 1.77. The SMILES string of the molecule is CC(CCc1ccccc1)CC(=O)Nc1ccc(N(C)C)nc1. The second-order valence-corrected chi connectivity index (χ2v) is 6.18. The highest BCUT2D eigenvalue weighted by Crippen LogP contribution is 2.15. The normalized spacial score (nSPS) is 11.8. The van der Waals surface area contributed by atoms with Crippen LogP contribution in [-0.2, 0) is 11.2 Å². The van der Waals surface area contributed by atoms with Crippen molar-refractivity contribution in [1.82, 2.24) is 4.98 Å². The van der Waals surface area contributed by atoms with Crippen molar-refractivity contribution >= 4 is 17.4 Å². The maximum atomic E-state index is 12.1. The van der Waals surface area contributed by atoms with Crippen LogP contribution < -0.4 is 10.2 Å². The van der Waals surface area contributed by atoms with Crippen molar-refractivity contribution in [2.75, 3.05) is 24.3 Å². The number of amides is 1. The number of rotatable bonds is 7. The van der Waals surface area contributed by atoms with E-state index in [-0.39, 0.29) is 5.91 Å². The highest BCUT2D eigenvalue weighted by Gasteiger charge is 2.10. The third-order valence-electron chi connectivity index (χ3n) is 3.79. The van der Waals surface area contributed by atoms with Gasteiger partial charge in [-0.2, -0.15) is 0 Å². The Morgan fingerprint density at radius 1 is 1.17 bits per heavy atom. The number of hydrogen-bond donors (Lipinski definition) is 1. The van der Waals surface area contributed by atoms with Gasteiger partial charge in [-0.15, -0.1) is 0 Å². The van der Waals surface area contributed by atoms with Crippen molar-refractivity contribution in [1.29, 1.82) is 0 Å². The van der Waals surface area contributed by atoms with Crippen LogP contribution in [0.25, 0.3) is 0 Å². The Hall–Kier alpha value is -2.36. The summed E-state index contributed by atoms with van der Waals surface area (Å²) in [7, 11) is 3.88. The highest BCUT2D eigenvalue weighted by molar-refractivity contribution is 5.90. The highest BCUT2D eigenvalue weighted by atomic mass is 16.1. The molecule has 0 spiro atoms. The maximum Gasteiger partial charge on any atom is 0.224 e. The molecule has 0 fully saturated rings. The Labute approximate surface area is 138 Å². The second kappa shape index (κ2) is 8.32. The Kier molecular flexibility index (Phi) is 6.15. The molecule has 122 valence electrons. The van der Waals surface area contributed by atoms with Crippen molar-refractivity contribution in [3.05, 3.63) is 54.2 Å². The Morgan fingerprint density at radius 3 is 2.52 bits per heavy atom. The summed E-state index contributed by atoms with van der Waals surface area (Å²) in [5, 5.41) is 2.92. The topological polar surface area (TPSA) is 45.2 Å². The lowest BCUT2D eigenvalue weighted by atomic mass is 9.98. The quantitative estimate of drug-likeness (QED) is 0.847. The molecule has 1 aromatic heterocycles. The minimum absolute atomic E-state index is 0.0463. The first-order valence-electron chi connectivity index (χ1n) is 8.01. The van der Waals surface area contributed by atoms with Gasteiger partial charge in [-0.1, -0.05) is 37.3 Å². The summed E-state index contributed by atoms with van der Waals surface area (Å²) in [6.07, 6.45) is 4.24. The van der Waals surface area contributed by atoms with Gasteiger partial charge in [-0.25, -0.2) is 4.98 Å². The summed E-state index contributed by atoms with van der Waals surface area (Å²) in [6.45, 7) is 2.12. The standard InChI is InChI=1S/C19H25N3O/c1-15(9-10-16-7-5-4-6-8-16)13-19(23)21-17-11-12-18(20-14-17)22(2)3/h4-8,11-12,14-15H,9-10,13H2,1-3H3,(H,21,23). The molecule has 0 bridgehead atoms. The molecular weight excluding hydrogens is 286 g/mol. The van der Waals surface area contributed by atoms with E-state index >= 15 is 0 Å². The van der Waals surface area contributed by atoms with Gasteiger partial charge in [0.2, 0.25) is 5.91 Å². The zero-order valence-corrected chi connectivity index (χ0v) is 14.1. The molecule has 23 heavy (non-hydrogen) atoms. The molecule has 1 aromatic carbocycles. The smallest absolute Gasteiger partial charge is 0.224 e. The van der Waals surface area contributed by atoms with Gasteiger partial charge in [0.25, 0.3) is 0 Å². The first-order valence-corrected chi connectivity index (χ1v) is 8.01. The number of carbonyl (C=O) groups is 1. The molecule has 0 radical (unpaired) electrons. The zero-order valence-electron chi connectivity index (χ0n) is 14.1. The molecule has 0 aliphatic rings. The molecule has 0 saturated carbocycles. The summed E-state index contributed by atoms with van der Waals surface area (Å²) in [4.78, 5) is 18.3. The van der Waals surface area contributed by atoms with Crippen LogP contribution in [0.3, 0.4) is 0 Å². The third-order valence-corrected chi connectivity index (χ3v) is 3.79. The lowest BCUT2D eigenvalue weighted by molar-refractivity contribution is -0.117. The Bertz CT molecular complexity index is 608. The number of anilines is 2. The molecule has 4 nitrogen and oxygen atoms in total. The van der Waals surface area contributed by atoms with Crippen LogP contribution >= 0.6 is 0 Å². The number of benzene rings is 1. The molecule has 2 rings (SSSR count). The Morgan fingerprint density at radius 2 is 1.91 bits per heavy atom. The number of nitrogens with one attached hydrogen (secondary N) is 1. The van der Waals surface area contributed by atoms with Crippen LogP contribution in [0.4, 0.5) is 11.5 Å². The van der Waals surface area contributed by atoms with E-state index in [9.17, 15) is 4.79 Å². The summed E-state index contributed by atoms with van der Waals surface area (Å²) in [6, 6.07) is 14.2. The average molecular weight is 311 g/mol. The lowest BCUT2D eigenvalue weighted by Crippen LogP contribution is -2.16. The van der Waals surface area contributed by atoms with Crippen LogP contribution in [-0.4, -0.2) is 25.0 Å². The van der Waals surface area contributed by atoms with E-state index in [1.54, 1.807) is 6.20 Å². The molecule has 1 atom stereocenters. The van der Waals surface area contributed by atoms with Crippen molar-refractivity contribution in [3.8, 4) is 0 Å². The van der Waals surface area contributed by atoms with E-state index in [1.165, 1.54) is 5.56 Å². The number of aryl methyl sites for hydroxylation is 1. The van der Waals surface area contributed by atoms with Crippen molar-refractivity contribution in [2.24, 2.45) is 5.92 Å². The monoisotopic (exact) mass is 311 g/mol. The summed E-state index contributed by atoms with van der Waals surface area (Å²) < 4.78 is 0. The van der Waals surface area contributed by atoms with Gasteiger partial charge in [-0.05, 0) is 36.5 Å². The second-order valence-electron chi connectivity index (χ2n) is 6.18. The number of aromatic nitrogens is 1. The fourth-order valence-electron chi connectivity index (χ4n) is 2.41. The predicted molar refractivity (Wildman–Crippen MR) is 95.7 cm³/mol. The van der Waals surface area contributed by atoms with Gasteiger partial charge in [0.1, 0.15) is 5.82 Å². The first-order chi connectivity index (χ1) is 11.0. The zero-order chi connectivity index (χ0) is 16.7. The van der Waals surface area contributed by atoms with Crippen LogP contribution in [0.2, 0.25) is 0 Å². The predicted octanol–water partition coefficient (Wildman–Crippen LogP) is 3.75. The largest absolute Gasteiger partial charge is 0.363 e. The minimum Gasteiger partial charge on any atom is -0.363 e. The maximum absolute atomic E-state index is 12.1. The lowest BCUT2D eigenvalue weighted by Gasteiger charge is -2.13. The van der Waals surface area contributed by atoms with Gasteiger partial charge in [0.15, 0.2) is 0 Å². The summed E-state index contributed by atoms with van der Waals surface area (Å²) >= 11 is 0. The molecule has 4 heteroatoms. The van der Waals surface area contributed by atoms with E-state index in [4.69, 9.17) is 0 Å². The first kappa shape index (κ1) is 17.0. The fourth-order valence-corrected chi connectivity index (χ4v) is 2.41. The van der Waals surface area contributed by atoms with E-state index in [1.807, 2.05) is 37.2 Å². The molecule has 0 aliphatic heterocycles. The molecule has 1 amide bonds. The van der Waals surface area contributed by atoms with Crippen LogP contribution in [0, 0.1) is 5.92 Å². The molecule has 1 unspecified atom stereocenters. The van der Waals surface area contributed by atoms with E-state index in [0.717, 1.165) is 24.3 Å². The number of hydrogen-bond acceptors (Lipinski definition) is 3. The number of pyridine rings is 1. The van der Waals surface area contributed by atoms with E-state index < -0.39 is 0 Å². The molecular formula is C19H25N3O. The van der Waals surface area contributed by atoms with E-state index in [0.29, 0.717) is 12.3 Å². The van der Waals surface area contributed by atoms with Crippen molar-refractivity contribution in [2.45, 2.75) is 26.2 Å².